The third kappa shape index (κ3) is 2.77. The largest absolute Gasteiger partial charge is 0.344 e. The van der Waals surface area contributed by atoms with E-state index in [0.717, 1.165) is 22.0 Å². The lowest BCUT2D eigenvalue weighted by atomic mass is 10.0. The Morgan fingerprint density at radius 3 is 2.69 bits per heavy atom. The molecule has 6 nitrogen and oxygen atoms in total. The van der Waals surface area contributed by atoms with Crippen molar-refractivity contribution in [2.45, 2.75) is 0 Å². The van der Waals surface area contributed by atoms with Gasteiger partial charge in [0.25, 0.3) is 5.91 Å². The number of hydrazone groups is 1. The lowest BCUT2D eigenvalue weighted by molar-refractivity contribution is 0.0948. The quantitative estimate of drug-likeness (QED) is 0.440. The van der Waals surface area contributed by atoms with E-state index in [4.69, 9.17) is 0 Å². The van der Waals surface area contributed by atoms with Crippen LogP contribution < -0.4 is 5.43 Å². The van der Waals surface area contributed by atoms with Crippen LogP contribution in [0.4, 0.5) is 0 Å². The van der Waals surface area contributed by atoms with Gasteiger partial charge in [-0.1, -0.05) is 48.5 Å². The van der Waals surface area contributed by atoms with E-state index in [1.54, 1.807) is 12.5 Å². The molecule has 0 saturated heterocycles. The van der Waals surface area contributed by atoms with Gasteiger partial charge in [0.15, 0.2) is 0 Å². The summed E-state index contributed by atoms with van der Waals surface area (Å²) in [7, 11) is 1.89. The molecule has 26 heavy (non-hydrogen) atoms. The normalized spacial score (nSPS) is 11.3. The van der Waals surface area contributed by atoms with Gasteiger partial charge < -0.3 is 9.55 Å². The van der Waals surface area contributed by atoms with Gasteiger partial charge in [-0.25, -0.2) is 10.4 Å². The molecule has 4 rings (SSSR count). The molecule has 0 atom stereocenters. The van der Waals surface area contributed by atoms with Crippen LogP contribution in [0.5, 0.6) is 0 Å². The van der Waals surface area contributed by atoms with Crippen LogP contribution in [-0.2, 0) is 7.05 Å². The summed E-state index contributed by atoms with van der Waals surface area (Å²) in [6.07, 6.45) is 4.71. The highest BCUT2D eigenvalue weighted by molar-refractivity contribution is 6.10. The molecule has 4 aromatic rings. The molecular weight excluding hydrogens is 326 g/mol. The van der Waals surface area contributed by atoms with Gasteiger partial charge in [0.05, 0.1) is 24.4 Å². The number of aryl methyl sites for hydroxylation is 1. The third-order valence-electron chi connectivity index (χ3n) is 4.27. The molecule has 6 heteroatoms. The monoisotopic (exact) mass is 343 g/mol. The lowest BCUT2D eigenvalue weighted by Crippen LogP contribution is -2.21. The van der Waals surface area contributed by atoms with Crippen LogP contribution >= 0.6 is 0 Å². The smallest absolute Gasteiger partial charge is 0.288 e. The fraction of sp³-hybridized carbons (Fsp3) is 0.0500. The van der Waals surface area contributed by atoms with E-state index < -0.39 is 0 Å². The number of rotatable bonds is 4. The highest BCUT2D eigenvalue weighted by Crippen LogP contribution is 2.34. The zero-order valence-electron chi connectivity index (χ0n) is 14.2. The predicted molar refractivity (Wildman–Crippen MR) is 102 cm³/mol. The summed E-state index contributed by atoms with van der Waals surface area (Å²) in [6, 6.07) is 17.9. The molecule has 2 heterocycles. The average molecular weight is 343 g/mol. The highest BCUT2D eigenvalue weighted by Gasteiger charge is 2.21. The molecule has 128 valence electrons. The van der Waals surface area contributed by atoms with Crippen LogP contribution in [-0.4, -0.2) is 26.7 Å². The van der Waals surface area contributed by atoms with Gasteiger partial charge in [-0.15, -0.1) is 0 Å². The maximum absolute atomic E-state index is 12.9. The topological polar surface area (TPSA) is 75.1 Å². The number of hydrogen-bond donors (Lipinski definition) is 2. The number of H-pyrrole nitrogens is 1. The number of benzene rings is 2. The lowest BCUT2D eigenvalue weighted by Gasteiger charge is -2.07. The fourth-order valence-electron chi connectivity index (χ4n) is 3.11. The summed E-state index contributed by atoms with van der Waals surface area (Å²) in [5, 5.41) is 5.06. The first-order chi connectivity index (χ1) is 12.8. The van der Waals surface area contributed by atoms with Crippen LogP contribution in [0.25, 0.3) is 22.0 Å². The maximum atomic E-state index is 12.9. The number of nitrogens with zero attached hydrogens (tertiary/aromatic N) is 3. The molecule has 2 N–H and O–H groups in total. The van der Waals surface area contributed by atoms with Gasteiger partial charge in [-0.2, -0.15) is 5.10 Å². The summed E-state index contributed by atoms with van der Waals surface area (Å²) < 4.78 is 1.90. The number of nitrogens with one attached hydrogen (secondary N) is 2. The Kier molecular flexibility index (Phi) is 4.07. The number of amides is 1. The van der Waals surface area contributed by atoms with Crippen LogP contribution in [0, 0.1) is 0 Å². The SMILES string of the molecule is Cn1c(C(=O)NN=Cc2cnc[nH]2)c(-c2ccccc2)c2ccccc21. The van der Waals surface area contributed by atoms with Crippen LogP contribution in [0.1, 0.15) is 16.2 Å². The predicted octanol–water partition coefficient (Wildman–Crippen LogP) is 3.33. The number of aromatic amines is 1. The van der Waals surface area contributed by atoms with Crippen molar-refractivity contribution >= 4 is 23.0 Å². The van der Waals surface area contributed by atoms with E-state index in [1.807, 2.05) is 66.2 Å². The van der Waals surface area contributed by atoms with Gasteiger partial charge in [0, 0.05) is 23.5 Å². The Morgan fingerprint density at radius 2 is 1.92 bits per heavy atom. The summed E-state index contributed by atoms with van der Waals surface area (Å²) in [5.74, 6) is -0.265. The van der Waals surface area contributed by atoms with Crippen molar-refractivity contribution in [3.8, 4) is 11.1 Å². The molecule has 0 aliphatic rings. The summed E-state index contributed by atoms with van der Waals surface area (Å²) in [5.41, 5.74) is 6.78. The van der Waals surface area contributed by atoms with E-state index in [-0.39, 0.29) is 5.91 Å². The fourth-order valence-corrected chi connectivity index (χ4v) is 3.11. The van der Waals surface area contributed by atoms with Crippen LogP contribution in [0.2, 0.25) is 0 Å². The van der Waals surface area contributed by atoms with Crippen molar-refractivity contribution in [1.29, 1.82) is 0 Å². The van der Waals surface area contributed by atoms with Gasteiger partial charge >= 0.3 is 0 Å². The minimum atomic E-state index is -0.265. The second kappa shape index (κ2) is 6.68. The highest BCUT2D eigenvalue weighted by atomic mass is 16.2. The molecule has 2 aromatic heterocycles. The molecule has 0 fully saturated rings. The van der Waals surface area contributed by atoms with Crippen molar-refractivity contribution in [3.63, 3.8) is 0 Å². The van der Waals surface area contributed by atoms with E-state index in [0.29, 0.717) is 11.4 Å². The number of para-hydroxylation sites is 1. The Labute approximate surface area is 150 Å². The molecule has 1 amide bonds. The first-order valence-electron chi connectivity index (χ1n) is 8.20. The second-order valence-electron chi connectivity index (χ2n) is 5.87. The van der Waals surface area contributed by atoms with Crippen molar-refractivity contribution in [2.75, 3.05) is 0 Å². The van der Waals surface area contributed by atoms with Crippen molar-refractivity contribution < 1.29 is 4.79 Å². The minimum Gasteiger partial charge on any atom is -0.344 e. The number of imidazole rings is 1. The Morgan fingerprint density at radius 1 is 1.15 bits per heavy atom. The first kappa shape index (κ1) is 15.8. The van der Waals surface area contributed by atoms with E-state index in [1.165, 1.54) is 6.21 Å². The van der Waals surface area contributed by atoms with E-state index >= 15 is 0 Å². The molecule has 0 aliphatic heterocycles. The summed E-state index contributed by atoms with van der Waals surface area (Å²) >= 11 is 0. The molecule has 0 aliphatic carbocycles. The first-order valence-corrected chi connectivity index (χ1v) is 8.20. The minimum absolute atomic E-state index is 0.265. The van der Waals surface area contributed by atoms with E-state index in [9.17, 15) is 4.79 Å². The number of carbonyl (C=O) groups is 1. The van der Waals surface area contributed by atoms with E-state index in [2.05, 4.69) is 20.5 Å². The van der Waals surface area contributed by atoms with Crippen molar-refractivity contribution in [3.05, 3.63) is 78.5 Å². The third-order valence-corrected chi connectivity index (χ3v) is 4.27. The number of carbonyl (C=O) groups excluding carboxylic acids is 1. The van der Waals surface area contributed by atoms with Gasteiger partial charge in [0.2, 0.25) is 0 Å². The molecule has 0 radical (unpaired) electrons. The zero-order valence-corrected chi connectivity index (χ0v) is 14.2. The summed E-state index contributed by atoms with van der Waals surface area (Å²) in [4.78, 5) is 19.7. The van der Waals surface area contributed by atoms with Gasteiger partial charge in [-0.3, -0.25) is 4.79 Å². The molecular formula is C20H17N5O. The zero-order chi connectivity index (χ0) is 17.9. The molecule has 0 saturated carbocycles. The molecule has 0 unspecified atom stereocenters. The Balaban J connectivity index is 1.78. The molecule has 0 bridgehead atoms. The van der Waals surface area contributed by atoms with Crippen molar-refractivity contribution in [2.24, 2.45) is 12.1 Å². The van der Waals surface area contributed by atoms with Gasteiger partial charge in [0.1, 0.15) is 5.69 Å². The number of aromatic nitrogens is 3. The average Bonchev–Trinajstić information content (AvgIpc) is 3.29. The van der Waals surface area contributed by atoms with Crippen molar-refractivity contribution in [1.82, 2.24) is 20.0 Å². The second-order valence-corrected chi connectivity index (χ2v) is 5.87. The number of hydrogen-bond acceptors (Lipinski definition) is 3. The Bertz CT molecular complexity index is 1080. The maximum Gasteiger partial charge on any atom is 0.288 e. The van der Waals surface area contributed by atoms with Crippen LogP contribution in [0.15, 0.2) is 72.2 Å². The molecule has 2 aromatic carbocycles. The summed E-state index contributed by atoms with van der Waals surface area (Å²) in [6.45, 7) is 0. The van der Waals surface area contributed by atoms with Gasteiger partial charge in [-0.05, 0) is 11.6 Å². The molecule has 0 spiro atoms. The standard InChI is InChI=1S/C20H17N5O/c1-25-17-10-6-5-9-16(17)18(14-7-3-2-4-8-14)19(25)20(26)24-23-12-15-11-21-13-22-15/h2-13H,1H3,(H,21,22)(H,24,26). The Hall–Kier alpha value is -3.67. The number of fused-ring (bicyclic) bond motifs is 1. The van der Waals surface area contributed by atoms with Crippen LogP contribution in [0.3, 0.4) is 0 Å².